The first-order valence-electron chi connectivity index (χ1n) is 6.87. The van der Waals surface area contributed by atoms with Crippen LogP contribution in [0.3, 0.4) is 0 Å². The van der Waals surface area contributed by atoms with E-state index < -0.39 is 0 Å². The third-order valence-electron chi connectivity index (χ3n) is 3.54. The highest BCUT2D eigenvalue weighted by atomic mass is 35.5. The Balaban J connectivity index is 1.61. The molecule has 2 heterocycles. The molecule has 0 fully saturated rings. The molecule has 0 saturated heterocycles. The SMILES string of the molecule is O=c1[nH]cccc1CNCCc1c[nH]c2c(Cl)cccc12. The highest BCUT2D eigenvalue weighted by Crippen LogP contribution is 2.25. The number of rotatable bonds is 5. The number of aromatic amines is 2. The van der Waals surface area contributed by atoms with E-state index in [1.54, 1.807) is 6.20 Å². The fourth-order valence-corrected chi connectivity index (χ4v) is 2.65. The first-order chi connectivity index (χ1) is 10.3. The van der Waals surface area contributed by atoms with E-state index >= 15 is 0 Å². The van der Waals surface area contributed by atoms with E-state index in [9.17, 15) is 4.79 Å². The number of fused-ring (bicyclic) bond motifs is 1. The van der Waals surface area contributed by atoms with Crippen molar-refractivity contribution < 1.29 is 0 Å². The Bertz CT molecular complexity index is 806. The van der Waals surface area contributed by atoms with Gasteiger partial charge in [0.05, 0.1) is 10.5 Å². The molecule has 0 radical (unpaired) electrons. The minimum absolute atomic E-state index is 0.0381. The molecule has 0 bridgehead atoms. The van der Waals surface area contributed by atoms with Crippen LogP contribution in [0.2, 0.25) is 5.02 Å². The van der Waals surface area contributed by atoms with Gasteiger partial charge in [0.25, 0.3) is 5.56 Å². The van der Waals surface area contributed by atoms with Crippen molar-refractivity contribution in [1.29, 1.82) is 0 Å². The van der Waals surface area contributed by atoms with E-state index in [4.69, 9.17) is 11.6 Å². The number of hydrogen-bond acceptors (Lipinski definition) is 2. The summed E-state index contributed by atoms with van der Waals surface area (Å²) in [5.74, 6) is 0. The molecule has 21 heavy (non-hydrogen) atoms. The number of H-pyrrole nitrogens is 2. The average Bonchev–Trinajstić information content (AvgIpc) is 2.90. The molecule has 0 unspecified atom stereocenters. The number of para-hydroxylation sites is 1. The zero-order chi connectivity index (χ0) is 14.7. The van der Waals surface area contributed by atoms with Gasteiger partial charge in [-0.25, -0.2) is 0 Å². The molecule has 3 aromatic rings. The van der Waals surface area contributed by atoms with Crippen molar-refractivity contribution in [2.75, 3.05) is 6.54 Å². The molecule has 0 spiro atoms. The number of pyridine rings is 1. The number of nitrogens with one attached hydrogen (secondary N) is 3. The van der Waals surface area contributed by atoms with Crippen molar-refractivity contribution in [3.05, 3.63) is 69.2 Å². The Morgan fingerprint density at radius 3 is 2.86 bits per heavy atom. The molecule has 0 aliphatic rings. The van der Waals surface area contributed by atoms with Crippen molar-refractivity contribution in [1.82, 2.24) is 15.3 Å². The van der Waals surface area contributed by atoms with Crippen LogP contribution in [0.4, 0.5) is 0 Å². The Morgan fingerprint density at radius 1 is 1.10 bits per heavy atom. The summed E-state index contributed by atoms with van der Waals surface area (Å²) in [6, 6.07) is 9.56. The second kappa shape index (κ2) is 6.16. The van der Waals surface area contributed by atoms with Crippen LogP contribution in [0.15, 0.2) is 47.5 Å². The lowest BCUT2D eigenvalue weighted by Gasteiger charge is -2.04. The molecule has 0 aliphatic carbocycles. The molecule has 108 valence electrons. The zero-order valence-electron chi connectivity index (χ0n) is 11.4. The lowest BCUT2D eigenvalue weighted by Crippen LogP contribution is -2.22. The van der Waals surface area contributed by atoms with Crippen molar-refractivity contribution in [2.45, 2.75) is 13.0 Å². The maximum absolute atomic E-state index is 11.5. The largest absolute Gasteiger partial charge is 0.360 e. The van der Waals surface area contributed by atoms with Crippen LogP contribution in [-0.4, -0.2) is 16.5 Å². The average molecular weight is 302 g/mol. The van der Waals surface area contributed by atoms with E-state index in [-0.39, 0.29) is 5.56 Å². The predicted octanol–water partition coefficient (Wildman–Crippen LogP) is 2.84. The minimum atomic E-state index is -0.0381. The summed E-state index contributed by atoms with van der Waals surface area (Å²) < 4.78 is 0. The predicted molar refractivity (Wildman–Crippen MR) is 85.8 cm³/mol. The van der Waals surface area contributed by atoms with Crippen molar-refractivity contribution >= 4 is 22.5 Å². The molecule has 0 aliphatic heterocycles. The van der Waals surface area contributed by atoms with E-state index in [1.807, 2.05) is 30.5 Å². The van der Waals surface area contributed by atoms with Crippen LogP contribution in [0.5, 0.6) is 0 Å². The van der Waals surface area contributed by atoms with Crippen LogP contribution in [-0.2, 0) is 13.0 Å². The fraction of sp³-hybridized carbons (Fsp3) is 0.188. The highest BCUT2D eigenvalue weighted by molar-refractivity contribution is 6.35. The van der Waals surface area contributed by atoms with Gasteiger partial charge in [0.2, 0.25) is 0 Å². The van der Waals surface area contributed by atoms with Gasteiger partial charge in [-0.2, -0.15) is 0 Å². The molecule has 0 saturated carbocycles. The van der Waals surface area contributed by atoms with Crippen LogP contribution in [0.1, 0.15) is 11.1 Å². The molecule has 3 rings (SSSR count). The smallest absolute Gasteiger partial charge is 0.252 e. The number of halogens is 1. The summed E-state index contributed by atoms with van der Waals surface area (Å²) in [7, 11) is 0. The molecule has 1 aromatic carbocycles. The van der Waals surface area contributed by atoms with E-state index in [2.05, 4.69) is 21.4 Å². The van der Waals surface area contributed by atoms with Crippen LogP contribution >= 0.6 is 11.6 Å². The summed E-state index contributed by atoms with van der Waals surface area (Å²) in [5.41, 5.74) is 2.92. The normalized spacial score (nSPS) is 11.1. The fourth-order valence-electron chi connectivity index (χ4n) is 2.42. The van der Waals surface area contributed by atoms with Gasteiger partial charge < -0.3 is 15.3 Å². The molecule has 2 aromatic heterocycles. The summed E-state index contributed by atoms with van der Waals surface area (Å²) in [5, 5.41) is 5.19. The van der Waals surface area contributed by atoms with Crippen molar-refractivity contribution in [3.63, 3.8) is 0 Å². The Kier molecular flexibility index (Phi) is 4.08. The van der Waals surface area contributed by atoms with Crippen molar-refractivity contribution in [3.8, 4) is 0 Å². The molecule has 5 heteroatoms. The molecule has 3 N–H and O–H groups in total. The van der Waals surface area contributed by atoms with E-state index in [0.717, 1.165) is 34.5 Å². The lowest BCUT2D eigenvalue weighted by atomic mass is 10.1. The van der Waals surface area contributed by atoms with Gasteiger partial charge in [0, 0.05) is 29.9 Å². The van der Waals surface area contributed by atoms with Crippen LogP contribution < -0.4 is 10.9 Å². The van der Waals surface area contributed by atoms with Crippen LogP contribution in [0, 0.1) is 0 Å². The maximum atomic E-state index is 11.5. The highest BCUT2D eigenvalue weighted by Gasteiger charge is 2.06. The minimum Gasteiger partial charge on any atom is -0.360 e. The zero-order valence-corrected chi connectivity index (χ0v) is 12.2. The number of benzene rings is 1. The summed E-state index contributed by atoms with van der Waals surface area (Å²) in [6.07, 6.45) is 4.51. The monoisotopic (exact) mass is 301 g/mol. The summed E-state index contributed by atoms with van der Waals surface area (Å²) in [6.45, 7) is 1.37. The second-order valence-corrected chi connectivity index (χ2v) is 5.33. The molecular weight excluding hydrogens is 286 g/mol. The van der Waals surface area contributed by atoms with Gasteiger partial charge in [-0.05, 0) is 30.7 Å². The van der Waals surface area contributed by atoms with Gasteiger partial charge in [0.1, 0.15) is 0 Å². The Labute approximate surface area is 127 Å². The second-order valence-electron chi connectivity index (χ2n) is 4.93. The molecule has 0 atom stereocenters. The van der Waals surface area contributed by atoms with Gasteiger partial charge in [-0.15, -0.1) is 0 Å². The Hall–Kier alpha value is -2.04. The summed E-state index contributed by atoms with van der Waals surface area (Å²) in [4.78, 5) is 17.4. The van der Waals surface area contributed by atoms with Gasteiger partial charge >= 0.3 is 0 Å². The van der Waals surface area contributed by atoms with Gasteiger partial charge in [0.15, 0.2) is 0 Å². The van der Waals surface area contributed by atoms with Gasteiger partial charge in [-0.3, -0.25) is 4.79 Å². The molecule has 4 nitrogen and oxygen atoms in total. The van der Waals surface area contributed by atoms with E-state index in [1.165, 1.54) is 5.56 Å². The Morgan fingerprint density at radius 2 is 2.00 bits per heavy atom. The van der Waals surface area contributed by atoms with Crippen molar-refractivity contribution in [2.24, 2.45) is 0 Å². The topological polar surface area (TPSA) is 60.7 Å². The van der Waals surface area contributed by atoms with Crippen LogP contribution in [0.25, 0.3) is 10.9 Å². The third kappa shape index (κ3) is 3.01. The van der Waals surface area contributed by atoms with Gasteiger partial charge in [-0.1, -0.05) is 29.8 Å². The van der Waals surface area contributed by atoms with E-state index in [0.29, 0.717) is 6.54 Å². The number of hydrogen-bond donors (Lipinski definition) is 3. The lowest BCUT2D eigenvalue weighted by molar-refractivity contribution is 0.683. The quantitative estimate of drug-likeness (QED) is 0.635. The first-order valence-corrected chi connectivity index (χ1v) is 7.25. The number of aromatic nitrogens is 2. The first kappa shape index (κ1) is 13.9. The summed E-state index contributed by atoms with van der Waals surface area (Å²) >= 11 is 6.14. The standard InChI is InChI=1S/C16H16ClN3O/c17-14-5-1-4-13-11(10-20-15(13)14)6-8-18-9-12-3-2-7-19-16(12)21/h1-5,7,10,18,20H,6,8-9H2,(H,19,21). The molecular formula is C16H16ClN3O. The molecule has 0 amide bonds. The third-order valence-corrected chi connectivity index (χ3v) is 3.85. The maximum Gasteiger partial charge on any atom is 0.252 e.